The fourth-order valence-electron chi connectivity index (χ4n) is 3.52. The Morgan fingerprint density at radius 1 is 0.889 bits per heavy atom. The molecular weight excluding hydrogens is 341 g/mol. The van der Waals surface area contributed by atoms with Gasteiger partial charge in [0.2, 0.25) is 5.95 Å². The van der Waals surface area contributed by atoms with E-state index >= 15 is 0 Å². The second kappa shape index (κ2) is 7.84. The molecule has 1 fully saturated rings. The Morgan fingerprint density at radius 3 is 2.37 bits per heavy atom. The number of halogens is 1. The van der Waals surface area contributed by atoms with Gasteiger partial charge in [0.05, 0.1) is 12.3 Å². The van der Waals surface area contributed by atoms with Gasteiger partial charge in [-0.15, -0.1) is 0 Å². The SMILES string of the molecule is O[C@H]1CC[C@H](Nc2ncc(F)c(-c3cccc(-c4ccccc4)c3)n2)CC1. The molecule has 0 saturated heterocycles. The summed E-state index contributed by atoms with van der Waals surface area (Å²) in [6, 6.07) is 17.9. The van der Waals surface area contributed by atoms with Crippen LogP contribution in [-0.4, -0.2) is 27.2 Å². The molecule has 0 spiro atoms. The molecule has 0 unspecified atom stereocenters. The number of benzene rings is 2. The Bertz CT molecular complexity index is 908. The van der Waals surface area contributed by atoms with Crippen LogP contribution in [0.2, 0.25) is 0 Å². The molecule has 1 heterocycles. The number of nitrogens with one attached hydrogen (secondary N) is 1. The summed E-state index contributed by atoms with van der Waals surface area (Å²) >= 11 is 0. The molecule has 4 nitrogen and oxygen atoms in total. The fourth-order valence-corrected chi connectivity index (χ4v) is 3.52. The van der Waals surface area contributed by atoms with Crippen LogP contribution in [0.1, 0.15) is 25.7 Å². The lowest BCUT2D eigenvalue weighted by Crippen LogP contribution is -2.29. The van der Waals surface area contributed by atoms with Crippen molar-refractivity contribution in [1.82, 2.24) is 9.97 Å². The maximum atomic E-state index is 14.4. The van der Waals surface area contributed by atoms with Gasteiger partial charge in [0.15, 0.2) is 5.82 Å². The van der Waals surface area contributed by atoms with Crippen molar-refractivity contribution in [2.75, 3.05) is 5.32 Å². The molecule has 138 valence electrons. The zero-order chi connectivity index (χ0) is 18.6. The molecule has 0 bridgehead atoms. The van der Waals surface area contributed by atoms with E-state index in [2.05, 4.69) is 15.3 Å². The molecule has 4 rings (SSSR count). The van der Waals surface area contributed by atoms with E-state index in [1.165, 1.54) is 6.20 Å². The second-order valence-electron chi connectivity index (χ2n) is 6.99. The molecule has 2 N–H and O–H groups in total. The topological polar surface area (TPSA) is 58.0 Å². The lowest BCUT2D eigenvalue weighted by atomic mass is 9.93. The van der Waals surface area contributed by atoms with Gasteiger partial charge in [-0.05, 0) is 42.9 Å². The number of aromatic nitrogens is 2. The van der Waals surface area contributed by atoms with E-state index in [1.807, 2.05) is 54.6 Å². The Kier molecular flexibility index (Phi) is 5.12. The average Bonchev–Trinajstić information content (AvgIpc) is 2.72. The Hall–Kier alpha value is -2.79. The first-order valence-electron chi connectivity index (χ1n) is 9.32. The van der Waals surface area contributed by atoms with Crippen molar-refractivity contribution in [3.05, 3.63) is 66.6 Å². The predicted molar refractivity (Wildman–Crippen MR) is 105 cm³/mol. The van der Waals surface area contributed by atoms with E-state index in [4.69, 9.17) is 0 Å². The summed E-state index contributed by atoms with van der Waals surface area (Å²) in [7, 11) is 0. The molecule has 5 heteroatoms. The number of hydrogen-bond donors (Lipinski definition) is 2. The summed E-state index contributed by atoms with van der Waals surface area (Å²) in [5.74, 6) is -0.0114. The van der Waals surface area contributed by atoms with Gasteiger partial charge in [-0.2, -0.15) is 0 Å². The quantitative estimate of drug-likeness (QED) is 0.707. The number of aliphatic hydroxyl groups excluding tert-OH is 1. The van der Waals surface area contributed by atoms with Crippen molar-refractivity contribution >= 4 is 5.95 Å². The van der Waals surface area contributed by atoms with Crippen molar-refractivity contribution < 1.29 is 9.50 Å². The van der Waals surface area contributed by atoms with E-state index in [-0.39, 0.29) is 12.1 Å². The van der Waals surface area contributed by atoms with Crippen LogP contribution < -0.4 is 5.32 Å². The van der Waals surface area contributed by atoms with Crippen molar-refractivity contribution in [2.45, 2.75) is 37.8 Å². The summed E-state index contributed by atoms with van der Waals surface area (Å²) in [5, 5.41) is 12.9. The maximum absolute atomic E-state index is 14.4. The van der Waals surface area contributed by atoms with Crippen LogP contribution in [0.15, 0.2) is 60.8 Å². The standard InChI is InChI=1S/C22H22FN3O/c23-20-14-24-22(25-18-9-11-19(27)12-10-18)26-21(20)17-8-4-7-16(13-17)15-5-2-1-3-6-15/h1-8,13-14,18-19,27H,9-12H2,(H,24,25,26)/t18-,19-. The zero-order valence-electron chi connectivity index (χ0n) is 15.0. The number of aliphatic hydroxyl groups is 1. The summed E-state index contributed by atoms with van der Waals surface area (Å²) in [4.78, 5) is 8.53. The fraction of sp³-hybridized carbons (Fsp3) is 0.273. The third kappa shape index (κ3) is 4.14. The van der Waals surface area contributed by atoms with Gasteiger partial charge in [-0.25, -0.2) is 14.4 Å². The van der Waals surface area contributed by atoms with E-state index in [1.54, 1.807) is 0 Å². The van der Waals surface area contributed by atoms with Gasteiger partial charge in [0.1, 0.15) is 5.69 Å². The van der Waals surface area contributed by atoms with E-state index < -0.39 is 5.82 Å². The third-order valence-corrected chi connectivity index (χ3v) is 5.02. The van der Waals surface area contributed by atoms with E-state index in [0.29, 0.717) is 11.6 Å². The average molecular weight is 363 g/mol. The lowest BCUT2D eigenvalue weighted by molar-refractivity contribution is 0.126. The Morgan fingerprint density at radius 2 is 1.59 bits per heavy atom. The highest BCUT2D eigenvalue weighted by atomic mass is 19.1. The molecule has 27 heavy (non-hydrogen) atoms. The minimum atomic E-state index is -0.440. The highest BCUT2D eigenvalue weighted by Gasteiger charge is 2.20. The predicted octanol–water partition coefficient (Wildman–Crippen LogP) is 4.67. The highest BCUT2D eigenvalue weighted by molar-refractivity contribution is 5.71. The molecule has 3 aromatic rings. The van der Waals surface area contributed by atoms with Crippen molar-refractivity contribution in [1.29, 1.82) is 0 Å². The van der Waals surface area contributed by atoms with Gasteiger partial charge in [0, 0.05) is 11.6 Å². The van der Waals surface area contributed by atoms with Crippen molar-refractivity contribution in [3.63, 3.8) is 0 Å². The van der Waals surface area contributed by atoms with E-state index in [0.717, 1.165) is 42.4 Å². The highest BCUT2D eigenvalue weighted by Crippen LogP contribution is 2.28. The van der Waals surface area contributed by atoms with Gasteiger partial charge in [-0.1, -0.05) is 48.5 Å². The number of nitrogens with zero attached hydrogens (tertiary/aromatic N) is 2. The van der Waals surface area contributed by atoms with Gasteiger partial charge < -0.3 is 10.4 Å². The first kappa shape index (κ1) is 17.6. The van der Waals surface area contributed by atoms with Crippen LogP contribution in [0.5, 0.6) is 0 Å². The normalized spacial score (nSPS) is 19.6. The molecule has 2 aromatic carbocycles. The summed E-state index contributed by atoms with van der Waals surface area (Å²) in [6.07, 6.45) is 4.27. The third-order valence-electron chi connectivity index (χ3n) is 5.02. The van der Waals surface area contributed by atoms with E-state index in [9.17, 15) is 9.50 Å². The Balaban J connectivity index is 1.60. The molecule has 1 saturated carbocycles. The molecule has 1 aromatic heterocycles. The minimum Gasteiger partial charge on any atom is -0.393 e. The van der Waals surface area contributed by atoms with Crippen LogP contribution in [0, 0.1) is 5.82 Å². The molecular formula is C22H22FN3O. The van der Waals surface area contributed by atoms with Gasteiger partial charge in [0.25, 0.3) is 0 Å². The Labute approximate surface area is 158 Å². The number of hydrogen-bond acceptors (Lipinski definition) is 4. The lowest BCUT2D eigenvalue weighted by Gasteiger charge is -2.26. The molecule has 0 atom stereocenters. The smallest absolute Gasteiger partial charge is 0.223 e. The first-order valence-corrected chi connectivity index (χ1v) is 9.32. The van der Waals surface area contributed by atoms with Crippen molar-refractivity contribution in [2.24, 2.45) is 0 Å². The summed E-state index contributed by atoms with van der Waals surface area (Å²) in [6.45, 7) is 0. The largest absolute Gasteiger partial charge is 0.393 e. The summed E-state index contributed by atoms with van der Waals surface area (Å²) < 4.78 is 14.4. The number of rotatable bonds is 4. The van der Waals surface area contributed by atoms with Gasteiger partial charge >= 0.3 is 0 Å². The molecule has 0 radical (unpaired) electrons. The molecule has 0 aliphatic heterocycles. The monoisotopic (exact) mass is 363 g/mol. The molecule has 0 amide bonds. The van der Waals surface area contributed by atoms with Crippen LogP contribution in [0.25, 0.3) is 22.4 Å². The second-order valence-corrected chi connectivity index (χ2v) is 6.99. The van der Waals surface area contributed by atoms with Crippen LogP contribution in [-0.2, 0) is 0 Å². The summed E-state index contributed by atoms with van der Waals surface area (Å²) in [5.41, 5.74) is 3.11. The van der Waals surface area contributed by atoms with Crippen LogP contribution in [0.4, 0.5) is 10.3 Å². The molecule has 1 aliphatic rings. The van der Waals surface area contributed by atoms with Crippen LogP contribution in [0.3, 0.4) is 0 Å². The van der Waals surface area contributed by atoms with Gasteiger partial charge in [-0.3, -0.25) is 0 Å². The maximum Gasteiger partial charge on any atom is 0.223 e. The minimum absolute atomic E-state index is 0.211. The zero-order valence-corrected chi connectivity index (χ0v) is 15.0. The van der Waals surface area contributed by atoms with Crippen LogP contribution >= 0.6 is 0 Å². The van der Waals surface area contributed by atoms with Crippen molar-refractivity contribution in [3.8, 4) is 22.4 Å². The number of anilines is 1. The molecule has 1 aliphatic carbocycles. The first-order chi connectivity index (χ1) is 13.2.